The Morgan fingerprint density at radius 3 is 2.59 bits per heavy atom. The van der Waals surface area contributed by atoms with E-state index in [0.717, 1.165) is 45.5 Å². The molecule has 1 saturated carbocycles. The highest BCUT2D eigenvalue weighted by Gasteiger charge is 2.25. The first-order chi connectivity index (χ1) is 8.40. The number of hydrogen-bond acceptors (Lipinski definition) is 3. The molecule has 2 rings (SSSR count). The molecule has 2 aliphatic rings. The van der Waals surface area contributed by atoms with Gasteiger partial charge in [0.05, 0.1) is 18.1 Å². The van der Waals surface area contributed by atoms with Crippen LogP contribution in [0.4, 0.5) is 0 Å². The van der Waals surface area contributed by atoms with Crippen molar-refractivity contribution in [2.75, 3.05) is 19.8 Å². The quantitative estimate of drug-likeness (QED) is 0.709. The standard InChI is InChI=1S/C14H23NO2/c15-10-13-4-2-1-3-5-14(13)17-11-12-6-8-16-9-7-12/h12-14H,1-9,11H2. The summed E-state index contributed by atoms with van der Waals surface area (Å²) in [5.41, 5.74) is 0. The summed E-state index contributed by atoms with van der Waals surface area (Å²) in [5.74, 6) is 0.767. The van der Waals surface area contributed by atoms with Crippen LogP contribution >= 0.6 is 0 Å². The maximum absolute atomic E-state index is 9.17. The topological polar surface area (TPSA) is 42.2 Å². The number of hydrogen-bond donors (Lipinski definition) is 0. The summed E-state index contributed by atoms with van der Waals surface area (Å²) in [7, 11) is 0. The third-order valence-electron chi connectivity index (χ3n) is 4.01. The molecule has 0 radical (unpaired) electrons. The minimum Gasteiger partial charge on any atom is -0.381 e. The lowest BCUT2D eigenvalue weighted by Gasteiger charge is -2.26. The molecule has 2 fully saturated rings. The van der Waals surface area contributed by atoms with Gasteiger partial charge in [-0.2, -0.15) is 5.26 Å². The summed E-state index contributed by atoms with van der Waals surface area (Å²) < 4.78 is 11.4. The van der Waals surface area contributed by atoms with Gasteiger partial charge in [0.25, 0.3) is 0 Å². The first-order valence-electron chi connectivity index (χ1n) is 6.99. The Balaban J connectivity index is 1.77. The average Bonchev–Trinajstić information content (AvgIpc) is 2.62. The minimum absolute atomic E-state index is 0.123. The Kier molecular flexibility index (Phi) is 5.28. The van der Waals surface area contributed by atoms with Crippen molar-refractivity contribution in [2.24, 2.45) is 11.8 Å². The van der Waals surface area contributed by atoms with Crippen LogP contribution in [-0.2, 0) is 9.47 Å². The monoisotopic (exact) mass is 237 g/mol. The van der Waals surface area contributed by atoms with Gasteiger partial charge in [0.1, 0.15) is 0 Å². The van der Waals surface area contributed by atoms with Crippen LogP contribution in [0.3, 0.4) is 0 Å². The fraction of sp³-hybridized carbons (Fsp3) is 0.929. The van der Waals surface area contributed by atoms with Crippen LogP contribution in [-0.4, -0.2) is 25.9 Å². The van der Waals surface area contributed by atoms with E-state index in [4.69, 9.17) is 9.47 Å². The third-order valence-corrected chi connectivity index (χ3v) is 4.01. The average molecular weight is 237 g/mol. The molecule has 0 amide bonds. The Morgan fingerprint density at radius 2 is 1.82 bits per heavy atom. The van der Waals surface area contributed by atoms with Crippen LogP contribution < -0.4 is 0 Å². The van der Waals surface area contributed by atoms with Crippen LogP contribution in [0, 0.1) is 23.2 Å². The Hall–Kier alpha value is -0.590. The van der Waals surface area contributed by atoms with E-state index in [0.29, 0.717) is 5.92 Å². The molecule has 3 heteroatoms. The van der Waals surface area contributed by atoms with Crippen molar-refractivity contribution >= 4 is 0 Å². The van der Waals surface area contributed by atoms with E-state index in [2.05, 4.69) is 6.07 Å². The van der Waals surface area contributed by atoms with Crippen LogP contribution in [0.1, 0.15) is 44.9 Å². The fourth-order valence-electron chi connectivity index (χ4n) is 2.79. The smallest absolute Gasteiger partial charge is 0.0733 e. The van der Waals surface area contributed by atoms with Crippen molar-refractivity contribution < 1.29 is 9.47 Å². The van der Waals surface area contributed by atoms with E-state index in [-0.39, 0.29) is 12.0 Å². The number of nitriles is 1. The van der Waals surface area contributed by atoms with Crippen molar-refractivity contribution in [1.82, 2.24) is 0 Å². The molecule has 0 spiro atoms. The summed E-state index contributed by atoms with van der Waals surface area (Å²) in [6.07, 6.45) is 8.18. The Labute approximate surface area is 104 Å². The molecule has 0 aromatic rings. The van der Waals surface area contributed by atoms with Gasteiger partial charge < -0.3 is 9.47 Å². The van der Waals surface area contributed by atoms with E-state index in [1.165, 1.54) is 19.3 Å². The molecule has 96 valence electrons. The van der Waals surface area contributed by atoms with Gasteiger partial charge in [-0.25, -0.2) is 0 Å². The fourth-order valence-corrected chi connectivity index (χ4v) is 2.79. The highest BCUT2D eigenvalue weighted by Crippen LogP contribution is 2.26. The summed E-state index contributed by atoms with van der Waals surface area (Å²) in [4.78, 5) is 0. The molecule has 1 heterocycles. The van der Waals surface area contributed by atoms with E-state index in [1.807, 2.05) is 0 Å². The van der Waals surface area contributed by atoms with Crippen LogP contribution in [0.5, 0.6) is 0 Å². The zero-order valence-corrected chi connectivity index (χ0v) is 10.6. The van der Waals surface area contributed by atoms with Gasteiger partial charge in [0.15, 0.2) is 0 Å². The van der Waals surface area contributed by atoms with Gasteiger partial charge in [0.2, 0.25) is 0 Å². The van der Waals surface area contributed by atoms with Gasteiger partial charge in [0, 0.05) is 19.8 Å². The van der Waals surface area contributed by atoms with Crippen molar-refractivity contribution in [1.29, 1.82) is 5.26 Å². The van der Waals surface area contributed by atoms with Gasteiger partial charge in [-0.15, -0.1) is 0 Å². The predicted octanol–water partition coefficient (Wildman–Crippen LogP) is 2.90. The minimum atomic E-state index is 0.123. The van der Waals surface area contributed by atoms with E-state index < -0.39 is 0 Å². The second-order valence-corrected chi connectivity index (χ2v) is 5.30. The van der Waals surface area contributed by atoms with Crippen molar-refractivity contribution in [3.05, 3.63) is 0 Å². The number of rotatable bonds is 3. The maximum atomic E-state index is 9.17. The van der Waals surface area contributed by atoms with Crippen LogP contribution in [0.25, 0.3) is 0 Å². The van der Waals surface area contributed by atoms with Gasteiger partial charge in [-0.3, -0.25) is 0 Å². The Bertz CT molecular complexity index is 255. The largest absolute Gasteiger partial charge is 0.381 e. The van der Waals surface area contributed by atoms with E-state index in [1.54, 1.807) is 0 Å². The molecule has 1 aliphatic heterocycles. The number of nitrogens with zero attached hydrogens (tertiary/aromatic N) is 1. The summed E-state index contributed by atoms with van der Waals surface area (Å²) in [6, 6.07) is 2.43. The lowest BCUT2D eigenvalue weighted by molar-refractivity contribution is -0.0263. The normalized spacial score (nSPS) is 31.7. The zero-order chi connectivity index (χ0) is 11.9. The lowest BCUT2D eigenvalue weighted by atomic mass is 9.98. The molecule has 17 heavy (non-hydrogen) atoms. The first kappa shape index (κ1) is 12.9. The third kappa shape index (κ3) is 3.97. The zero-order valence-electron chi connectivity index (χ0n) is 10.6. The van der Waals surface area contributed by atoms with Crippen molar-refractivity contribution in [2.45, 2.75) is 51.0 Å². The van der Waals surface area contributed by atoms with Crippen molar-refractivity contribution in [3.8, 4) is 6.07 Å². The Morgan fingerprint density at radius 1 is 1.06 bits per heavy atom. The SMILES string of the molecule is N#CC1CCCCCC1OCC1CCOCC1. The number of ether oxygens (including phenoxy) is 2. The highest BCUT2D eigenvalue weighted by molar-refractivity contribution is 4.90. The summed E-state index contributed by atoms with van der Waals surface area (Å²) in [6.45, 7) is 2.58. The molecule has 2 atom stereocenters. The second-order valence-electron chi connectivity index (χ2n) is 5.30. The summed E-state index contributed by atoms with van der Waals surface area (Å²) in [5, 5.41) is 9.17. The first-order valence-corrected chi connectivity index (χ1v) is 6.99. The molecule has 0 aromatic carbocycles. The predicted molar refractivity (Wildman–Crippen MR) is 65.5 cm³/mol. The summed E-state index contributed by atoms with van der Waals surface area (Å²) >= 11 is 0. The highest BCUT2D eigenvalue weighted by atomic mass is 16.5. The van der Waals surface area contributed by atoms with Crippen LogP contribution in [0.2, 0.25) is 0 Å². The lowest BCUT2D eigenvalue weighted by Crippen LogP contribution is -2.27. The van der Waals surface area contributed by atoms with Gasteiger partial charge >= 0.3 is 0 Å². The van der Waals surface area contributed by atoms with Gasteiger partial charge in [-0.05, 0) is 31.6 Å². The molecule has 2 unspecified atom stereocenters. The molecule has 3 nitrogen and oxygen atoms in total. The molecular formula is C14H23NO2. The maximum Gasteiger partial charge on any atom is 0.0733 e. The van der Waals surface area contributed by atoms with E-state index in [9.17, 15) is 5.26 Å². The molecule has 1 saturated heterocycles. The van der Waals surface area contributed by atoms with Crippen molar-refractivity contribution in [3.63, 3.8) is 0 Å². The second kappa shape index (κ2) is 6.98. The van der Waals surface area contributed by atoms with Gasteiger partial charge in [-0.1, -0.05) is 19.3 Å². The van der Waals surface area contributed by atoms with Crippen LogP contribution in [0.15, 0.2) is 0 Å². The van der Waals surface area contributed by atoms with E-state index >= 15 is 0 Å². The molecule has 0 N–H and O–H groups in total. The molecule has 0 aromatic heterocycles. The molecule has 0 bridgehead atoms. The molecular weight excluding hydrogens is 214 g/mol. The molecule has 1 aliphatic carbocycles.